The predicted octanol–water partition coefficient (Wildman–Crippen LogP) is 1.52. The van der Waals surface area contributed by atoms with E-state index in [0.29, 0.717) is 11.5 Å². The zero-order valence-corrected chi connectivity index (χ0v) is 10.00. The molecule has 1 saturated carbocycles. The van der Waals surface area contributed by atoms with Gasteiger partial charge in [-0.1, -0.05) is 0 Å². The summed E-state index contributed by atoms with van der Waals surface area (Å²) in [6, 6.07) is 0.581. The first kappa shape index (κ1) is 11.4. The lowest BCUT2D eigenvalue weighted by Gasteiger charge is -2.35. The van der Waals surface area contributed by atoms with E-state index >= 15 is 0 Å². The Labute approximate surface area is 92.7 Å². The van der Waals surface area contributed by atoms with Crippen molar-refractivity contribution < 1.29 is 9.47 Å². The van der Waals surface area contributed by atoms with E-state index in [1.54, 1.807) is 0 Å². The molecule has 1 heterocycles. The van der Waals surface area contributed by atoms with Crippen molar-refractivity contribution in [3.8, 4) is 0 Å². The van der Waals surface area contributed by atoms with Crippen molar-refractivity contribution in [3.63, 3.8) is 0 Å². The Bertz CT molecular complexity index is 204. The quantitative estimate of drug-likeness (QED) is 0.691. The molecule has 88 valence electrons. The van der Waals surface area contributed by atoms with Crippen LogP contribution in [0.2, 0.25) is 0 Å². The number of hydrogen-bond donors (Lipinski definition) is 0. The van der Waals surface area contributed by atoms with Crippen molar-refractivity contribution in [1.82, 2.24) is 4.90 Å². The van der Waals surface area contributed by atoms with Gasteiger partial charge < -0.3 is 9.47 Å². The van der Waals surface area contributed by atoms with Crippen molar-refractivity contribution in [2.45, 2.75) is 32.7 Å². The van der Waals surface area contributed by atoms with E-state index in [2.05, 4.69) is 18.7 Å². The molecule has 0 radical (unpaired) electrons. The monoisotopic (exact) mass is 213 g/mol. The summed E-state index contributed by atoms with van der Waals surface area (Å²) in [5.74, 6) is 0. The molecule has 1 aliphatic carbocycles. The fraction of sp³-hybridized carbons (Fsp3) is 1.00. The highest BCUT2D eigenvalue weighted by Crippen LogP contribution is 2.46. The van der Waals surface area contributed by atoms with Crippen LogP contribution in [0.1, 0.15) is 26.7 Å². The normalized spacial score (nSPS) is 30.4. The zero-order chi connectivity index (χ0) is 10.7. The smallest absolute Gasteiger partial charge is 0.0619 e. The van der Waals surface area contributed by atoms with Crippen LogP contribution in [0.4, 0.5) is 0 Å². The van der Waals surface area contributed by atoms with Crippen LogP contribution in [0.3, 0.4) is 0 Å². The Balaban J connectivity index is 1.79. The third-order valence-electron chi connectivity index (χ3n) is 3.61. The van der Waals surface area contributed by atoms with Crippen LogP contribution in [0.15, 0.2) is 0 Å². The molecule has 2 fully saturated rings. The molecule has 1 aliphatic heterocycles. The van der Waals surface area contributed by atoms with Gasteiger partial charge in [-0.25, -0.2) is 0 Å². The highest BCUT2D eigenvalue weighted by atomic mass is 16.5. The van der Waals surface area contributed by atoms with Crippen LogP contribution in [0.25, 0.3) is 0 Å². The SMILES string of the molecule is CCOCC1(CN2CCOC[C@H]2C)CC1. The van der Waals surface area contributed by atoms with E-state index in [0.717, 1.165) is 33.0 Å². The lowest BCUT2D eigenvalue weighted by atomic mass is 10.1. The van der Waals surface area contributed by atoms with Gasteiger partial charge in [0.25, 0.3) is 0 Å². The molecule has 0 bridgehead atoms. The lowest BCUT2D eigenvalue weighted by Crippen LogP contribution is -2.46. The maximum Gasteiger partial charge on any atom is 0.0619 e. The molecule has 1 atom stereocenters. The molecular formula is C12H23NO2. The Morgan fingerprint density at radius 3 is 2.87 bits per heavy atom. The van der Waals surface area contributed by atoms with Crippen molar-refractivity contribution in [1.29, 1.82) is 0 Å². The molecule has 0 aromatic carbocycles. The summed E-state index contributed by atoms with van der Waals surface area (Å²) in [5, 5.41) is 0. The van der Waals surface area contributed by atoms with Gasteiger partial charge >= 0.3 is 0 Å². The van der Waals surface area contributed by atoms with Gasteiger partial charge in [-0.3, -0.25) is 4.90 Å². The highest BCUT2D eigenvalue weighted by Gasteiger charge is 2.44. The second-order valence-corrected chi connectivity index (χ2v) is 5.03. The maximum atomic E-state index is 5.58. The molecule has 0 aromatic rings. The van der Waals surface area contributed by atoms with E-state index in [4.69, 9.17) is 9.47 Å². The summed E-state index contributed by atoms with van der Waals surface area (Å²) >= 11 is 0. The van der Waals surface area contributed by atoms with Crippen molar-refractivity contribution in [2.75, 3.05) is 39.5 Å². The Morgan fingerprint density at radius 1 is 1.47 bits per heavy atom. The topological polar surface area (TPSA) is 21.7 Å². The van der Waals surface area contributed by atoms with Crippen LogP contribution in [-0.4, -0.2) is 50.5 Å². The first-order valence-electron chi connectivity index (χ1n) is 6.15. The van der Waals surface area contributed by atoms with Gasteiger partial charge in [0.2, 0.25) is 0 Å². The number of rotatable bonds is 5. The van der Waals surface area contributed by atoms with E-state index in [9.17, 15) is 0 Å². The molecule has 0 unspecified atom stereocenters. The van der Waals surface area contributed by atoms with E-state index in [1.165, 1.54) is 19.4 Å². The molecule has 15 heavy (non-hydrogen) atoms. The number of nitrogens with zero attached hydrogens (tertiary/aromatic N) is 1. The summed E-state index contributed by atoms with van der Waals surface area (Å²) in [4.78, 5) is 2.56. The van der Waals surface area contributed by atoms with Gasteiger partial charge in [-0.2, -0.15) is 0 Å². The van der Waals surface area contributed by atoms with Gasteiger partial charge in [0.05, 0.1) is 19.8 Å². The van der Waals surface area contributed by atoms with Gasteiger partial charge in [-0.05, 0) is 26.7 Å². The van der Waals surface area contributed by atoms with Crippen LogP contribution < -0.4 is 0 Å². The summed E-state index contributed by atoms with van der Waals surface area (Å²) in [6.07, 6.45) is 2.69. The summed E-state index contributed by atoms with van der Waals surface area (Å²) in [7, 11) is 0. The molecule has 2 aliphatic rings. The van der Waals surface area contributed by atoms with Gasteiger partial charge in [0, 0.05) is 31.2 Å². The van der Waals surface area contributed by atoms with Crippen LogP contribution in [0.5, 0.6) is 0 Å². The van der Waals surface area contributed by atoms with Crippen molar-refractivity contribution >= 4 is 0 Å². The summed E-state index contributed by atoms with van der Waals surface area (Å²) in [6.45, 7) is 10.2. The average molecular weight is 213 g/mol. The fourth-order valence-corrected chi connectivity index (χ4v) is 2.27. The second-order valence-electron chi connectivity index (χ2n) is 5.03. The molecule has 3 heteroatoms. The average Bonchev–Trinajstić information content (AvgIpc) is 3.00. The zero-order valence-electron chi connectivity index (χ0n) is 10.00. The third-order valence-corrected chi connectivity index (χ3v) is 3.61. The van der Waals surface area contributed by atoms with E-state index in [-0.39, 0.29) is 0 Å². The van der Waals surface area contributed by atoms with E-state index < -0.39 is 0 Å². The van der Waals surface area contributed by atoms with Crippen molar-refractivity contribution in [2.24, 2.45) is 5.41 Å². The molecular weight excluding hydrogens is 190 g/mol. The molecule has 3 nitrogen and oxygen atoms in total. The molecule has 0 spiro atoms. The minimum atomic E-state index is 0.488. The number of ether oxygens (including phenoxy) is 2. The van der Waals surface area contributed by atoms with Gasteiger partial charge in [-0.15, -0.1) is 0 Å². The van der Waals surface area contributed by atoms with E-state index in [1.807, 2.05) is 0 Å². The fourth-order valence-electron chi connectivity index (χ4n) is 2.27. The first-order valence-corrected chi connectivity index (χ1v) is 6.15. The third kappa shape index (κ3) is 2.92. The molecule has 0 aromatic heterocycles. The Hall–Kier alpha value is -0.120. The summed E-state index contributed by atoms with van der Waals surface area (Å²) in [5.41, 5.74) is 0.488. The standard InChI is InChI=1S/C12H23NO2/c1-3-14-10-12(4-5-12)9-13-6-7-15-8-11(13)2/h11H,3-10H2,1-2H3/t11-/m1/s1. The Morgan fingerprint density at radius 2 is 2.27 bits per heavy atom. The minimum absolute atomic E-state index is 0.488. The lowest BCUT2D eigenvalue weighted by molar-refractivity contribution is -0.0191. The van der Waals surface area contributed by atoms with Crippen molar-refractivity contribution in [3.05, 3.63) is 0 Å². The molecule has 0 amide bonds. The number of hydrogen-bond acceptors (Lipinski definition) is 3. The molecule has 0 N–H and O–H groups in total. The largest absolute Gasteiger partial charge is 0.381 e. The molecule has 2 rings (SSSR count). The molecule has 1 saturated heterocycles. The first-order chi connectivity index (χ1) is 7.26. The van der Waals surface area contributed by atoms with Crippen LogP contribution >= 0.6 is 0 Å². The Kier molecular flexibility index (Phi) is 3.65. The van der Waals surface area contributed by atoms with Gasteiger partial charge in [0.15, 0.2) is 0 Å². The van der Waals surface area contributed by atoms with Crippen LogP contribution in [0, 0.1) is 5.41 Å². The second kappa shape index (κ2) is 4.81. The highest BCUT2D eigenvalue weighted by molar-refractivity contribution is 4.96. The minimum Gasteiger partial charge on any atom is -0.381 e. The number of morpholine rings is 1. The van der Waals surface area contributed by atoms with Crippen LogP contribution in [-0.2, 0) is 9.47 Å². The predicted molar refractivity (Wildman–Crippen MR) is 60.0 cm³/mol. The summed E-state index contributed by atoms with van der Waals surface area (Å²) < 4.78 is 11.0. The van der Waals surface area contributed by atoms with Gasteiger partial charge in [0.1, 0.15) is 0 Å². The maximum absolute atomic E-state index is 5.58.